The molecule has 28 heavy (non-hydrogen) atoms. The van der Waals surface area contributed by atoms with Crippen molar-refractivity contribution in [1.82, 2.24) is 19.9 Å². The van der Waals surface area contributed by atoms with Crippen LogP contribution in [0.1, 0.15) is 21.7 Å². The molecule has 0 radical (unpaired) electrons. The van der Waals surface area contributed by atoms with E-state index < -0.39 is 29.3 Å². The van der Waals surface area contributed by atoms with E-state index in [-0.39, 0.29) is 12.2 Å². The second-order valence-corrected chi connectivity index (χ2v) is 6.78. The van der Waals surface area contributed by atoms with Crippen molar-refractivity contribution in [3.63, 3.8) is 0 Å². The van der Waals surface area contributed by atoms with Gasteiger partial charge in [0.05, 0.1) is 5.69 Å². The third kappa shape index (κ3) is 4.06. The molecule has 0 bridgehead atoms. The highest BCUT2D eigenvalue weighted by atomic mass is 79.9. The molecule has 146 valence electrons. The van der Waals surface area contributed by atoms with Gasteiger partial charge >= 0.3 is 6.18 Å². The smallest absolute Gasteiger partial charge is 0.336 e. The summed E-state index contributed by atoms with van der Waals surface area (Å²) < 4.78 is 55.3. The highest BCUT2D eigenvalue weighted by Gasteiger charge is 2.42. The minimum absolute atomic E-state index is 0.0614. The van der Waals surface area contributed by atoms with E-state index in [2.05, 4.69) is 26.2 Å². The van der Waals surface area contributed by atoms with Crippen molar-refractivity contribution >= 4 is 21.8 Å². The fourth-order valence-electron chi connectivity index (χ4n) is 2.58. The third-order valence-electron chi connectivity index (χ3n) is 3.92. The second-order valence-electron chi connectivity index (χ2n) is 5.93. The zero-order valence-electron chi connectivity index (χ0n) is 14.4. The fraction of sp³-hybridized carbons (Fsp3) is 0.167. The molecule has 1 aromatic heterocycles. The lowest BCUT2D eigenvalue weighted by molar-refractivity contribution is -0.143. The number of hydrogen-bond donors (Lipinski definition) is 0. The van der Waals surface area contributed by atoms with E-state index in [1.165, 1.54) is 7.05 Å². The van der Waals surface area contributed by atoms with Crippen LogP contribution in [0.25, 0.3) is 5.69 Å². The van der Waals surface area contributed by atoms with Gasteiger partial charge in [-0.15, -0.1) is 5.10 Å². The Morgan fingerprint density at radius 1 is 1.14 bits per heavy atom. The SMILES string of the molecule is CN(Cc1ccccc1Br)C(=O)c1nnn(-c2ccc(F)cc2)c1C(F)(F)F. The summed E-state index contributed by atoms with van der Waals surface area (Å²) in [6.07, 6.45) is -4.89. The molecule has 10 heteroatoms. The Balaban J connectivity index is 1.98. The van der Waals surface area contributed by atoms with Gasteiger partial charge in [0.2, 0.25) is 0 Å². The molecule has 3 aromatic rings. The zero-order chi connectivity index (χ0) is 20.5. The van der Waals surface area contributed by atoms with Gasteiger partial charge < -0.3 is 4.90 Å². The lowest BCUT2D eigenvalue weighted by Gasteiger charge is -2.18. The van der Waals surface area contributed by atoms with Gasteiger partial charge in [0.1, 0.15) is 5.82 Å². The first-order chi connectivity index (χ1) is 13.2. The van der Waals surface area contributed by atoms with E-state index in [9.17, 15) is 22.4 Å². The molecule has 2 aromatic carbocycles. The van der Waals surface area contributed by atoms with Gasteiger partial charge in [-0.1, -0.05) is 39.3 Å². The Kier molecular flexibility index (Phi) is 5.50. The maximum Gasteiger partial charge on any atom is 0.435 e. The van der Waals surface area contributed by atoms with Crippen molar-refractivity contribution in [3.8, 4) is 5.69 Å². The average Bonchev–Trinajstić information content (AvgIpc) is 3.09. The molecule has 1 heterocycles. The molecule has 3 rings (SSSR count). The summed E-state index contributed by atoms with van der Waals surface area (Å²) in [5, 5.41) is 6.94. The van der Waals surface area contributed by atoms with Gasteiger partial charge in [-0.05, 0) is 35.9 Å². The van der Waals surface area contributed by atoms with E-state index >= 15 is 0 Å². The monoisotopic (exact) mass is 456 g/mol. The number of alkyl halides is 3. The molecular weight excluding hydrogens is 444 g/mol. The number of amides is 1. The number of carbonyl (C=O) groups is 1. The first-order valence-electron chi connectivity index (χ1n) is 7.96. The van der Waals surface area contributed by atoms with Crippen LogP contribution >= 0.6 is 15.9 Å². The van der Waals surface area contributed by atoms with Crippen LogP contribution < -0.4 is 0 Å². The van der Waals surface area contributed by atoms with Gasteiger partial charge in [0, 0.05) is 18.1 Å². The van der Waals surface area contributed by atoms with Crippen LogP contribution in [-0.4, -0.2) is 32.8 Å². The van der Waals surface area contributed by atoms with Crippen LogP contribution in [0.2, 0.25) is 0 Å². The van der Waals surface area contributed by atoms with Crippen molar-refractivity contribution in [2.75, 3.05) is 7.05 Å². The molecule has 0 spiro atoms. The number of nitrogens with zero attached hydrogens (tertiary/aromatic N) is 4. The maximum absolute atomic E-state index is 13.7. The van der Waals surface area contributed by atoms with Crippen molar-refractivity contribution in [1.29, 1.82) is 0 Å². The summed E-state index contributed by atoms with van der Waals surface area (Å²) in [5.41, 5.74) is -1.49. The molecule has 0 fully saturated rings. The molecule has 0 saturated heterocycles. The predicted octanol–water partition coefficient (Wildman–Crippen LogP) is 4.46. The van der Waals surface area contributed by atoms with E-state index in [1.807, 2.05) is 0 Å². The summed E-state index contributed by atoms with van der Waals surface area (Å²) >= 11 is 3.34. The normalized spacial score (nSPS) is 11.5. The predicted molar refractivity (Wildman–Crippen MR) is 96.3 cm³/mol. The third-order valence-corrected chi connectivity index (χ3v) is 4.70. The molecule has 0 atom stereocenters. The summed E-state index contributed by atoms with van der Waals surface area (Å²) in [6.45, 7) is 0.0704. The summed E-state index contributed by atoms with van der Waals surface area (Å²) in [5.74, 6) is -1.54. The zero-order valence-corrected chi connectivity index (χ0v) is 16.0. The number of hydrogen-bond acceptors (Lipinski definition) is 3. The first kappa shape index (κ1) is 20.0. The van der Waals surface area contributed by atoms with Gasteiger partial charge in [-0.3, -0.25) is 4.79 Å². The largest absolute Gasteiger partial charge is 0.435 e. The van der Waals surface area contributed by atoms with Crippen molar-refractivity contribution in [2.45, 2.75) is 12.7 Å². The molecule has 5 nitrogen and oxygen atoms in total. The molecule has 0 N–H and O–H groups in total. The number of aromatic nitrogens is 3. The van der Waals surface area contributed by atoms with E-state index in [0.29, 0.717) is 4.68 Å². The number of rotatable bonds is 4. The highest BCUT2D eigenvalue weighted by molar-refractivity contribution is 9.10. The Hall–Kier alpha value is -2.75. The van der Waals surface area contributed by atoms with Gasteiger partial charge in [-0.2, -0.15) is 13.2 Å². The Bertz CT molecular complexity index is 1000. The number of benzene rings is 2. The maximum atomic E-state index is 13.7. The minimum Gasteiger partial charge on any atom is -0.336 e. The van der Waals surface area contributed by atoms with Crippen molar-refractivity contribution in [2.24, 2.45) is 0 Å². The lowest BCUT2D eigenvalue weighted by atomic mass is 10.2. The van der Waals surface area contributed by atoms with E-state index in [0.717, 1.165) is 39.2 Å². The molecule has 0 saturated carbocycles. The Morgan fingerprint density at radius 2 is 1.79 bits per heavy atom. The lowest BCUT2D eigenvalue weighted by Crippen LogP contribution is -2.29. The Labute approximate surface area is 165 Å². The topological polar surface area (TPSA) is 51.0 Å². The van der Waals surface area contributed by atoms with Crippen LogP contribution in [0.5, 0.6) is 0 Å². The van der Waals surface area contributed by atoms with Gasteiger partial charge in [-0.25, -0.2) is 9.07 Å². The molecule has 0 aliphatic carbocycles. The van der Waals surface area contributed by atoms with Crippen LogP contribution in [0.4, 0.5) is 17.6 Å². The number of carbonyl (C=O) groups excluding carboxylic acids is 1. The van der Waals surface area contributed by atoms with E-state index in [4.69, 9.17) is 0 Å². The van der Waals surface area contributed by atoms with Crippen molar-refractivity contribution in [3.05, 3.63) is 75.8 Å². The second kappa shape index (κ2) is 7.70. The number of halogens is 5. The molecule has 0 aliphatic heterocycles. The molecule has 0 aliphatic rings. The average molecular weight is 457 g/mol. The van der Waals surface area contributed by atoms with Crippen molar-refractivity contribution < 1.29 is 22.4 Å². The quantitative estimate of drug-likeness (QED) is 0.544. The fourth-order valence-corrected chi connectivity index (χ4v) is 2.99. The van der Waals surface area contributed by atoms with Gasteiger partial charge in [0.25, 0.3) is 5.91 Å². The molecular formula is C18H13BrF4N4O. The van der Waals surface area contributed by atoms with Crippen LogP contribution in [0.15, 0.2) is 53.0 Å². The van der Waals surface area contributed by atoms with E-state index in [1.54, 1.807) is 24.3 Å². The summed E-state index contributed by atoms with van der Waals surface area (Å²) in [6, 6.07) is 11.3. The molecule has 0 unspecified atom stereocenters. The first-order valence-corrected chi connectivity index (χ1v) is 8.75. The van der Waals surface area contributed by atoms with Crippen LogP contribution in [0, 0.1) is 5.82 Å². The van der Waals surface area contributed by atoms with Crippen LogP contribution in [-0.2, 0) is 12.7 Å². The highest BCUT2D eigenvalue weighted by Crippen LogP contribution is 2.33. The van der Waals surface area contributed by atoms with Gasteiger partial charge in [0.15, 0.2) is 11.4 Å². The molecule has 1 amide bonds. The standard InChI is InChI=1S/C18H13BrF4N4O/c1-26(10-11-4-2-3-5-14(11)19)17(28)15-16(18(21,22)23)27(25-24-15)13-8-6-12(20)7-9-13/h2-9H,10H2,1H3. The summed E-state index contributed by atoms with van der Waals surface area (Å²) in [4.78, 5) is 13.8. The summed E-state index contributed by atoms with van der Waals surface area (Å²) in [7, 11) is 1.37. The minimum atomic E-state index is -4.89. The van der Waals surface area contributed by atoms with Crippen LogP contribution in [0.3, 0.4) is 0 Å². The Morgan fingerprint density at radius 3 is 2.39 bits per heavy atom.